The van der Waals surface area contributed by atoms with Crippen LogP contribution in [0.15, 0.2) is 29.8 Å². The minimum absolute atomic E-state index is 0.0428. The zero-order chi connectivity index (χ0) is 15.9. The van der Waals surface area contributed by atoms with E-state index in [0.717, 1.165) is 30.0 Å². The Morgan fingerprint density at radius 1 is 1.41 bits per heavy atom. The lowest BCUT2D eigenvalue weighted by Gasteiger charge is -2.18. The first-order valence-electron chi connectivity index (χ1n) is 7.39. The highest BCUT2D eigenvalue weighted by atomic mass is 32.2. The molecule has 1 atom stereocenters. The summed E-state index contributed by atoms with van der Waals surface area (Å²) in [5, 5.41) is 2.61. The average Bonchev–Trinajstić information content (AvgIpc) is 3.04. The van der Waals surface area contributed by atoms with Gasteiger partial charge in [0.05, 0.1) is 10.9 Å². The third kappa shape index (κ3) is 4.30. The van der Waals surface area contributed by atoms with Crippen LogP contribution in [0.25, 0.3) is 11.4 Å². The fourth-order valence-corrected chi connectivity index (χ4v) is 3.79. The predicted molar refractivity (Wildman–Crippen MR) is 95.6 cm³/mol. The van der Waals surface area contributed by atoms with Gasteiger partial charge >= 0.3 is 0 Å². The molecule has 0 bridgehead atoms. The van der Waals surface area contributed by atoms with E-state index in [0.29, 0.717) is 5.13 Å². The van der Waals surface area contributed by atoms with Gasteiger partial charge in [-0.05, 0) is 31.2 Å². The number of aromatic nitrogens is 2. The minimum atomic E-state index is -0.0428. The van der Waals surface area contributed by atoms with Crippen molar-refractivity contribution in [1.82, 2.24) is 9.97 Å². The van der Waals surface area contributed by atoms with Gasteiger partial charge in [-0.2, -0.15) is 0 Å². The molecule has 1 amide bonds. The van der Waals surface area contributed by atoms with Crippen molar-refractivity contribution in [3.05, 3.63) is 29.8 Å². The van der Waals surface area contributed by atoms with Crippen molar-refractivity contribution in [3.63, 3.8) is 0 Å². The molecule has 2 heterocycles. The van der Waals surface area contributed by atoms with Gasteiger partial charge in [0.2, 0.25) is 5.91 Å². The smallest absolute Gasteiger partial charge is 0.241 e. The quantitative estimate of drug-likeness (QED) is 0.715. The van der Waals surface area contributed by atoms with Crippen molar-refractivity contribution in [2.75, 3.05) is 17.7 Å². The van der Waals surface area contributed by atoms with Gasteiger partial charge in [-0.15, -0.1) is 23.1 Å². The van der Waals surface area contributed by atoms with E-state index in [2.05, 4.69) is 16.9 Å². The zero-order valence-corrected chi connectivity index (χ0v) is 14.8. The first kappa shape index (κ1) is 17.0. The van der Waals surface area contributed by atoms with Crippen LogP contribution in [0, 0.1) is 0 Å². The minimum Gasteiger partial charge on any atom is -0.290 e. The van der Waals surface area contributed by atoms with E-state index >= 15 is 0 Å². The lowest BCUT2D eigenvalue weighted by molar-refractivity contribution is -0.117. The molecule has 22 heavy (non-hydrogen) atoms. The third-order valence-electron chi connectivity index (χ3n) is 3.25. The Morgan fingerprint density at radius 2 is 2.23 bits per heavy atom. The van der Waals surface area contributed by atoms with Gasteiger partial charge in [0.1, 0.15) is 5.69 Å². The van der Waals surface area contributed by atoms with Crippen LogP contribution in [0.2, 0.25) is 0 Å². The van der Waals surface area contributed by atoms with E-state index in [1.54, 1.807) is 29.9 Å². The number of thioether (sulfide) groups is 1. The molecule has 4 nitrogen and oxygen atoms in total. The number of nitrogens with zero attached hydrogens (tertiary/aromatic N) is 3. The number of hydrogen-bond acceptors (Lipinski definition) is 5. The summed E-state index contributed by atoms with van der Waals surface area (Å²) in [5.74, 6) is 1.12. The van der Waals surface area contributed by atoms with Crippen LogP contribution in [0.1, 0.15) is 26.7 Å². The van der Waals surface area contributed by atoms with Crippen LogP contribution >= 0.6 is 23.1 Å². The van der Waals surface area contributed by atoms with E-state index < -0.39 is 0 Å². The Labute approximate surface area is 140 Å². The van der Waals surface area contributed by atoms with Crippen LogP contribution in [-0.2, 0) is 4.79 Å². The molecule has 0 N–H and O–H groups in total. The number of hydrogen-bond donors (Lipinski definition) is 0. The molecule has 0 spiro atoms. The standard InChI is InChI=1S/C16H21N3OS2/c1-4-5-10-21-12(2)15(20)19(3)16-18-14(11-22-16)13-8-6-7-9-17-13/h6-9,11-12H,4-5,10H2,1-3H3. The average molecular weight is 335 g/mol. The number of carbonyl (C=O) groups excluding carboxylic acids is 1. The summed E-state index contributed by atoms with van der Waals surface area (Å²) in [6.45, 7) is 4.13. The summed E-state index contributed by atoms with van der Waals surface area (Å²) in [6, 6.07) is 5.73. The summed E-state index contributed by atoms with van der Waals surface area (Å²) in [4.78, 5) is 22.9. The van der Waals surface area contributed by atoms with Gasteiger partial charge in [0, 0.05) is 18.6 Å². The second-order valence-corrected chi connectivity index (χ2v) is 7.28. The highest BCUT2D eigenvalue weighted by Crippen LogP contribution is 2.27. The molecular weight excluding hydrogens is 314 g/mol. The number of thiazole rings is 1. The van der Waals surface area contributed by atoms with Crippen molar-refractivity contribution >= 4 is 34.1 Å². The topological polar surface area (TPSA) is 46.1 Å². The van der Waals surface area contributed by atoms with Crippen molar-refractivity contribution in [2.45, 2.75) is 31.9 Å². The van der Waals surface area contributed by atoms with Crippen LogP contribution in [-0.4, -0.2) is 33.9 Å². The van der Waals surface area contributed by atoms with E-state index in [4.69, 9.17) is 0 Å². The molecule has 6 heteroatoms. The molecule has 0 aliphatic heterocycles. The molecule has 0 aliphatic rings. The Morgan fingerprint density at radius 3 is 2.91 bits per heavy atom. The normalized spacial score (nSPS) is 12.1. The molecule has 0 radical (unpaired) electrons. The molecule has 0 fully saturated rings. The third-order valence-corrected chi connectivity index (χ3v) is 5.39. The fourth-order valence-electron chi connectivity index (χ4n) is 1.89. The van der Waals surface area contributed by atoms with E-state index in [9.17, 15) is 4.79 Å². The molecule has 0 aromatic carbocycles. The van der Waals surface area contributed by atoms with Gasteiger partial charge < -0.3 is 0 Å². The molecule has 1 unspecified atom stereocenters. The molecule has 2 aromatic heterocycles. The summed E-state index contributed by atoms with van der Waals surface area (Å²) in [5.41, 5.74) is 1.64. The Hall–Kier alpha value is -1.40. The summed E-state index contributed by atoms with van der Waals surface area (Å²) < 4.78 is 0. The van der Waals surface area contributed by atoms with E-state index in [1.807, 2.05) is 30.5 Å². The number of unbranched alkanes of at least 4 members (excludes halogenated alkanes) is 1. The highest BCUT2D eigenvalue weighted by Gasteiger charge is 2.21. The number of amides is 1. The van der Waals surface area contributed by atoms with E-state index in [1.165, 1.54) is 11.3 Å². The van der Waals surface area contributed by atoms with Gasteiger partial charge in [0.15, 0.2) is 5.13 Å². The summed E-state index contributed by atoms with van der Waals surface area (Å²) >= 11 is 3.18. The van der Waals surface area contributed by atoms with Crippen LogP contribution in [0.4, 0.5) is 5.13 Å². The van der Waals surface area contributed by atoms with Gasteiger partial charge in [-0.3, -0.25) is 14.7 Å². The molecule has 2 rings (SSSR count). The van der Waals surface area contributed by atoms with Gasteiger partial charge in [-0.1, -0.05) is 19.4 Å². The maximum absolute atomic E-state index is 12.4. The fraction of sp³-hybridized carbons (Fsp3) is 0.438. The second kappa shape index (κ2) is 8.29. The Kier molecular flexibility index (Phi) is 6.39. The van der Waals surface area contributed by atoms with E-state index in [-0.39, 0.29) is 11.2 Å². The largest absolute Gasteiger partial charge is 0.290 e. The molecule has 0 saturated carbocycles. The lowest BCUT2D eigenvalue weighted by Crippen LogP contribution is -2.33. The highest BCUT2D eigenvalue weighted by molar-refractivity contribution is 8.00. The molecular formula is C16H21N3OS2. The molecule has 0 saturated heterocycles. The van der Waals surface area contributed by atoms with Crippen molar-refractivity contribution in [2.24, 2.45) is 0 Å². The van der Waals surface area contributed by atoms with Crippen LogP contribution in [0.5, 0.6) is 0 Å². The Bertz CT molecular complexity index is 600. The summed E-state index contributed by atoms with van der Waals surface area (Å²) in [6.07, 6.45) is 4.05. The predicted octanol–water partition coefficient (Wildman–Crippen LogP) is 4.09. The molecule has 2 aromatic rings. The van der Waals surface area contributed by atoms with Crippen LogP contribution in [0.3, 0.4) is 0 Å². The number of pyridine rings is 1. The van der Waals surface area contributed by atoms with Gasteiger partial charge in [-0.25, -0.2) is 4.98 Å². The first-order valence-corrected chi connectivity index (χ1v) is 9.32. The maximum Gasteiger partial charge on any atom is 0.241 e. The summed E-state index contributed by atoms with van der Waals surface area (Å²) in [7, 11) is 1.79. The monoisotopic (exact) mass is 335 g/mol. The van der Waals surface area contributed by atoms with Crippen molar-refractivity contribution in [3.8, 4) is 11.4 Å². The maximum atomic E-state index is 12.4. The number of carbonyl (C=O) groups is 1. The van der Waals surface area contributed by atoms with Crippen LogP contribution < -0.4 is 4.90 Å². The number of rotatable bonds is 7. The zero-order valence-electron chi connectivity index (χ0n) is 13.2. The lowest BCUT2D eigenvalue weighted by atomic mass is 10.3. The molecule has 118 valence electrons. The SMILES string of the molecule is CCCCSC(C)C(=O)N(C)c1nc(-c2ccccn2)cs1. The first-order chi connectivity index (χ1) is 10.6. The molecule has 0 aliphatic carbocycles. The Balaban J connectivity index is 2.02. The number of anilines is 1. The van der Waals surface area contributed by atoms with Crippen molar-refractivity contribution < 1.29 is 4.79 Å². The van der Waals surface area contributed by atoms with Crippen molar-refractivity contribution in [1.29, 1.82) is 0 Å². The van der Waals surface area contributed by atoms with Gasteiger partial charge in [0.25, 0.3) is 0 Å². The second-order valence-electron chi connectivity index (χ2n) is 4.99.